The van der Waals surface area contributed by atoms with Crippen LogP contribution in [0.5, 0.6) is 11.5 Å². The van der Waals surface area contributed by atoms with Crippen molar-refractivity contribution in [2.45, 2.75) is 37.6 Å². The summed E-state index contributed by atoms with van der Waals surface area (Å²) in [5, 5.41) is 3.49. The number of thioether (sulfide) groups is 1. The van der Waals surface area contributed by atoms with Crippen LogP contribution in [0, 0.1) is 5.82 Å². The van der Waals surface area contributed by atoms with Crippen LogP contribution < -0.4 is 14.8 Å². The Morgan fingerprint density at radius 1 is 1.14 bits per heavy atom. The Morgan fingerprint density at radius 3 is 2.48 bits per heavy atom. The molecule has 0 amide bonds. The van der Waals surface area contributed by atoms with Crippen LogP contribution in [0.1, 0.15) is 31.9 Å². The smallest absolute Gasteiger partial charge is 0.135 e. The molecule has 0 heterocycles. The maximum Gasteiger partial charge on any atom is 0.135 e. The van der Waals surface area contributed by atoms with Gasteiger partial charge in [0.15, 0.2) is 0 Å². The van der Waals surface area contributed by atoms with Crippen LogP contribution in [0.3, 0.4) is 0 Å². The lowest BCUT2D eigenvalue weighted by atomic mass is 9.93. The summed E-state index contributed by atoms with van der Waals surface area (Å²) in [6, 6.07) is 10.5. The first kappa shape index (κ1) is 23.7. The zero-order valence-electron chi connectivity index (χ0n) is 17.3. The van der Waals surface area contributed by atoms with Gasteiger partial charge in [-0.15, -0.1) is 11.8 Å². The number of nitrogens with one attached hydrogen (secondary N) is 1. The summed E-state index contributed by atoms with van der Waals surface area (Å²) in [5.74, 6) is 1.60. The first-order chi connectivity index (χ1) is 13.6. The third-order valence-corrected chi connectivity index (χ3v) is 6.76. The molecular weight excluding hydrogens is 457 g/mol. The normalized spacial score (nSPS) is 13.6. The lowest BCUT2D eigenvalue weighted by molar-refractivity contribution is -0.109. The standard InChI is InChI=1S/C22H27BrFNO3S/c1-21(2,13-26)29-14-22(3,18-10-16(23)7-9-19(18)24)25-12-15-6-8-17(27-4)11-20(15)28-5/h6-11,13,25H,12,14H2,1-5H3/t22-/m0/s1. The molecule has 1 atom stereocenters. The average Bonchev–Trinajstić information content (AvgIpc) is 2.72. The van der Waals surface area contributed by atoms with Crippen molar-refractivity contribution in [2.24, 2.45) is 0 Å². The minimum Gasteiger partial charge on any atom is -0.497 e. The van der Waals surface area contributed by atoms with Gasteiger partial charge < -0.3 is 19.6 Å². The summed E-state index contributed by atoms with van der Waals surface area (Å²) >= 11 is 4.92. The molecule has 158 valence electrons. The van der Waals surface area contributed by atoms with Crippen LogP contribution in [-0.2, 0) is 16.9 Å². The predicted octanol–water partition coefficient (Wildman–Crippen LogP) is 5.32. The fourth-order valence-corrected chi connectivity index (χ4v) is 4.14. The fraction of sp³-hybridized carbons (Fsp3) is 0.409. The molecule has 7 heteroatoms. The highest BCUT2D eigenvalue weighted by molar-refractivity contribution is 9.10. The molecule has 29 heavy (non-hydrogen) atoms. The van der Waals surface area contributed by atoms with Crippen LogP contribution in [0.4, 0.5) is 4.39 Å². The van der Waals surface area contributed by atoms with Gasteiger partial charge in [0.25, 0.3) is 0 Å². The topological polar surface area (TPSA) is 47.6 Å². The number of ether oxygens (including phenoxy) is 2. The van der Waals surface area contributed by atoms with Crippen LogP contribution >= 0.6 is 27.7 Å². The average molecular weight is 484 g/mol. The van der Waals surface area contributed by atoms with Crippen molar-refractivity contribution >= 4 is 34.0 Å². The maximum atomic E-state index is 14.8. The Kier molecular flexibility index (Phi) is 8.14. The van der Waals surface area contributed by atoms with Crippen molar-refractivity contribution in [1.82, 2.24) is 5.32 Å². The number of aldehydes is 1. The molecule has 2 rings (SSSR count). The summed E-state index contributed by atoms with van der Waals surface area (Å²) in [4.78, 5) is 11.4. The second-order valence-corrected chi connectivity index (χ2v) is 10.0. The third-order valence-electron chi connectivity index (χ3n) is 4.70. The molecule has 0 unspecified atom stereocenters. The molecule has 0 aliphatic heterocycles. The number of carbonyl (C=O) groups is 1. The Bertz CT molecular complexity index is 862. The van der Waals surface area contributed by atoms with Gasteiger partial charge in [-0.25, -0.2) is 4.39 Å². The Morgan fingerprint density at radius 2 is 1.86 bits per heavy atom. The molecule has 2 aromatic carbocycles. The van der Waals surface area contributed by atoms with E-state index in [2.05, 4.69) is 21.2 Å². The quantitative estimate of drug-likeness (QED) is 0.463. The number of methoxy groups -OCH3 is 2. The van der Waals surface area contributed by atoms with Crippen molar-refractivity contribution < 1.29 is 18.7 Å². The van der Waals surface area contributed by atoms with E-state index in [1.165, 1.54) is 17.8 Å². The van der Waals surface area contributed by atoms with Gasteiger partial charge in [-0.3, -0.25) is 0 Å². The van der Waals surface area contributed by atoms with Crippen molar-refractivity contribution in [3.63, 3.8) is 0 Å². The highest BCUT2D eigenvalue weighted by Gasteiger charge is 2.32. The van der Waals surface area contributed by atoms with E-state index >= 15 is 0 Å². The monoisotopic (exact) mass is 483 g/mol. The minimum atomic E-state index is -0.719. The summed E-state index contributed by atoms with van der Waals surface area (Å²) in [7, 11) is 3.21. The molecule has 0 aromatic heterocycles. The first-order valence-corrected chi connectivity index (χ1v) is 10.9. The summed E-state index contributed by atoms with van der Waals surface area (Å²) in [5.41, 5.74) is 0.743. The van der Waals surface area contributed by atoms with Gasteiger partial charge in [0.2, 0.25) is 0 Å². The van der Waals surface area contributed by atoms with Crippen molar-refractivity contribution in [3.05, 3.63) is 57.8 Å². The molecular formula is C22H27BrFNO3S. The van der Waals surface area contributed by atoms with E-state index in [0.717, 1.165) is 16.3 Å². The van der Waals surface area contributed by atoms with E-state index in [4.69, 9.17) is 9.47 Å². The first-order valence-electron chi connectivity index (χ1n) is 9.16. The van der Waals surface area contributed by atoms with Crippen molar-refractivity contribution in [3.8, 4) is 11.5 Å². The van der Waals surface area contributed by atoms with Crippen LogP contribution in [-0.4, -0.2) is 31.0 Å². The molecule has 2 aromatic rings. The van der Waals surface area contributed by atoms with E-state index < -0.39 is 10.3 Å². The van der Waals surface area contributed by atoms with E-state index in [1.807, 2.05) is 39.0 Å². The molecule has 0 aliphatic rings. The number of rotatable bonds is 10. The summed E-state index contributed by atoms with van der Waals surface area (Å²) < 4.78 is 25.7. The molecule has 0 spiro atoms. The Balaban J connectivity index is 2.35. The zero-order chi connectivity index (χ0) is 21.7. The number of halogens is 2. The van der Waals surface area contributed by atoms with E-state index in [9.17, 15) is 9.18 Å². The second kappa shape index (κ2) is 9.96. The van der Waals surface area contributed by atoms with Gasteiger partial charge in [0.05, 0.1) is 24.5 Å². The molecule has 4 nitrogen and oxygen atoms in total. The zero-order valence-corrected chi connectivity index (χ0v) is 19.7. The lowest BCUT2D eigenvalue weighted by Gasteiger charge is -2.34. The summed E-state index contributed by atoms with van der Waals surface area (Å²) in [6.07, 6.45) is 0.919. The van der Waals surface area contributed by atoms with Crippen LogP contribution in [0.15, 0.2) is 40.9 Å². The van der Waals surface area contributed by atoms with Crippen LogP contribution in [0.2, 0.25) is 0 Å². The van der Waals surface area contributed by atoms with E-state index in [0.29, 0.717) is 29.4 Å². The lowest BCUT2D eigenvalue weighted by Crippen LogP contribution is -2.43. The van der Waals surface area contributed by atoms with Gasteiger partial charge in [0, 0.05) is 34.0 Å². The number of benzene rings is 2. The van der Waals surface area contributed by atoms with Gasteiger partial charge >= 0.3 is 0 Å². The summed E-state index contributed by atoms with van der Waals surface area (Å²) in [6.45, 7) is 6.11. The highest BCUT2D eigenvalue weighted by Crippen LogP contribution is 2.35. The Hall–Kier alpha value is -1.57. The number of carbonyl (C=O) groups excluding carboxylic acids is 1. The molecule has 0 saturated carbocycles. The molecule has 0 fully saturated rings. The largest absolute Gasteiger partial charge is 0.497 e. The minimum absolute atomic E-state index is 0.297. The number of hydrogen-bond donors (Lipinski definition) is 1. The van der Waals surface area contributed by atoms with E-state index in [1.54, 1.807) is 26.4 Å². The Labute approximate surface area is 184 Å². The van der Waals surface area contributed by atoms with Gasteiger partial charge in [-0.2, -0.15) is 0 Å². The molecule has 0 bridgehead atoms. The highest BCUT2D eigenvalue weighted by atomic mass is 79.9. The maximum absolute atomic E-state index is 14.8. The number of hydrogen-bond acceptors (Lipinski definition) is 5. The van der Waals surface area contributed by atoms with Crippen molar-refractivity contribution in [1.29, 1.82) is 0 Å². The second-order valence-electron chi connectivity index (χ2n) is 7.50. The van der Waals surface area contributed by atoms with Gasteiger partial charge in [0.1, 0.15) is 23.6 Å². The third kappa shape index (κ3) is 6.20. The SMILES string of the molecule is COc1ccc(CN[C@@](C)(CSC(C)(C)C=O)c2cc(Br)ccc2F)c(OC)c1. The van der Waals surface area contributed by atoms with Gasteiger partial charge in [-0.1, -0.05) is 22.0 Å². The predicted molar refractivity (Wildman–Crippen MR) is 120 cm³/mol. The van der Waals surface area contributed by atoms with Crippen molar-refractivity contribution in [2.75, 3.05) is 20.0 Å². The molecule has 0 radical (unpaired) electrons. The molecule has 1 N–H and O–H groups in total. The fourth-order valence-electron chi connectivity index (χ4n) is 2.80. The molecule has 0 saturated heterocycles. The van der Waals surface area contributed by atoms with Gasteiger partial charge in [-0.05, 0) is 45.0 Å². The molecule has 0 aliphatic carbocycles. The van der Waals surface area contributed by atoms with E-state index in [-0.39, 0.29) is 5.82 Å². The van der Waals surface area contributed by atoms with Crippen LogP contribution in [0.25, 0.3) is 0 Å².